The van der Waals surface area contributed by atoms with Crippen molar-refractivity contribution in [1.82, 2.24) is 19.7 Å². The number of benzene rings is 2. The fourth-order valence-corrected chi connectivity index (χ4v) is 12.3. The number of aromatic nitrogens is 1. The van der Waals surface area contributed by atoms with Gasteiger partial charge in [0.1, 0.15) is 10.6 Å². The van der Waals surface area contributed by atoms with E-state index in [1.807, 2.05) is 4.90 Å². The van der Waals surface area contributed by atoms with Crippen LogP contribution >= 0.6 is 0 Å². The summed E-state index contributed by atoms with van der Waals surface area (Å²) in [7, 11) is -4.65. The van der Waals surface area contributed by atoms with Crippen LogP contribution in [0.15, 0.2) is 46.3 Å². The third kappa shape index (κ3) is 16.9. The van der Waals surface area contributed by atoms with Gasteiger partial charge in [-0.1, -0.05) is 136 Å². The number of pyridine rings is 1. The number of rotatable bonds is 29. The zero-order valence-corrected chi connectivity index (χ0v) is 42.6. The van der Waals surface area contributed by atoms with Gasteiger partial charge in [-0.3, -0.25) is 14.8 Å². The van der Waals surface area contributed by atoms with Gasteiger partial charge < -0.3 is 19.3 Å². The molecule has 0 radical (unpaired) electrons. The fraction of sp³-hybridized carbons (Fsp3) is 0.722. The number of hydrogen-bond acceptors (Lipinski definition) is 9. The lowest BCUT2D eigenvalue weighted by Crippen LogP contribution is -2.56. The number of piperidine rings is 2. The molecule has 6 rings (SSSR count). The van der Waals surface area contributed by atoms with E-state index >= 15 is 8.78 Å². The largest absolute Gasteiger partial charge is 0.573 e. The van der Waals surface area contributed by atoms with E-state index in [0.717, 1.165) is 95.5 Å². The zero-order chi connectivity index (χ0) is 49.1. The molecule has 0 amide bonds. The van der Waals surface area contributed by atoms with Crippen molar-refractivity contribution in [3.63, 3.8) is 0 Å². The number of anilines is 1. The summed E-state index contributed by atoms with van der Waals surface area (Å²) < 4.78 is 110. The molecule has 9 nitrogen and oxygen atoms in total. The summed E-state index contributed by atoms with van der Waals surface area (Å²) in [5, 5.41) is 0.134. The number of ether oxygens (including phenoxy) is 2. The van der Waals surface area contributed by atoms with E-state index in [4.69, 9.17) is 4.74 Å². The van der Waals surface area contributed by atoms with Gasteiger partial charge in [0.25, 0.3) is 0 Å². The molecular weight excluding hydrogens is 910 g/mol. The number of alkyl halides is 3. The molecule has 0 atom stereocenters. The van der Waals surface area contributed by atoms with E-state index < -0.39 is 44.2 Å². The van der Waals surface area contributed by atoms with Crippen LogP contribution in [0.2, 0.25) is 0 Å². The smallest absolute Gasteiger partial charge is 0.488 e. The van der Waals surface area contributed by atoms with Crippen molar-refractivity contribution in [2.45, 2.75) is 196 Å². The number of unbranched alkanes of at least 4 members (excludes halogenated alkanes) is 19. The molecule has 3 fully saturated rings. The quantitative estimate of drug-likeness (QED) is 0.0499. The third-order valence-corrected chi connectivity index (χ3v) is 16.7. The molecule has 4 heterocycles. The van der Waals surface area contributed by atoms with E-state index in [1.54, 1.807) is 0 Å². The number of nitrogens with zero attached hydrogens (tertiary/aromatic N) is 5. The number of likely N-dealkylation sites (tertiary alicyclic amines) is 1. The van der Waals surface area contributed by atoms with Gasteiger partial charge in [-0.2, -0.15) is 0 Å². The molecule has 1 aromatic heterocycles. The number of sulfone groups is 1. The lowest BCUT2D eigenvalue weighted by atomic mass is 9.99. The highest BCUT2D eigenvalue weighted by atomic mass is 32.2. The van der Waals surface area contributed by atoms with Gasteiger partial charge in [0, 0.05) is 62.9 Å². The summed E-state index contributed by atoms with van der Waals surface area (Å²) in [5.74, 6) is -3.46. The highest BCUT2D eigenvalue weighted by molar-refractivity contribution is 7.91. The van der Waals surface area contributed by atoms with Gasteiger partial charge in [-0.15, -0.1) is 13.2 Å². The average molecular weight is 992 g/mol. The van der Waals surface area contributed by atoms with Crippen molar-refractivity contribution in [2.75, 3.05) is 70.4 Å². The number of fused-ring (bicyclic) bond motifs is 1. The molecule has 3 saturated heterocycles. The molecular formula is C54H82F5N5O4S. The van der Waals surface area contributed by atoms with Crippen LogP contribution in [-0.2, 0) is 9.84 Å². The number of halogens is 5. The van der Waals surface area contributed by atoms with Crippen LogP contribution in [-0.4, -0.2) is 112 Å². The van der Waals surface area contributed by atoms with E-state index in [0.29, 0.717) is 38.4 Å². The summed E-state index contributed by atoms with van der Waals surface area (Å²) in [6.45, 7) is 12.6. The maximum atomic E-state index is 15.6. The van der Waals surface area contributed by atoms with E-state index in [2.05, 4.69) is 38.3 Å². The summed E-state index contributed by atoms with van der Waals surface area (Å²) in [6, 6.07) is 5.98. The lowest BCUT2D eigenvalue weighted by molar-refractivity contribution is -0.274. The van der Waals surface area contributed by atoms with Crippen LogP contribution in [0.1, 0.15) is 168 Å². The normalized spacial score (nSPS) is 17.6. The van der Waals surface area contributed by atoms with Crippen molar-refractivity contribution in [3.05, 3.63) is 48.2 Å². The molecule has 2 aromatic carbocycles. The van der Waals surface area contributed by atoms with Crippen LogP contribution in [0.25, 0.3) is 10.9 Å². The van der Waals surface area contributed by atoms with E-state index in [-0.39, 0.29) is 34.1 Å². The first kappa shape index (κ1) is 55.1. The second-order valence-electron chi connectivity index (χ2n) is 19.9. The second kappa shape index (κ2) is 28.1. The summed E-state index contributed by atoms with van der Waals surface area (Å²) >= 11 is 0. The Labute approximate surface area is 410 Å². The van der Waals surface area contributed by atoms with Crippen LogP contribution in [0.5, 0.6) is 11.5 Å². The first-order chi connectivity index (χ1) is 33.4. The monoisotopic (exact) mass is 992 g/mol. The number of piperazine rings is 1. The molecule has 0 N–H and O–H groups in total. The minimum absolute atomic E-state index is 0.0873. The molecule has 3 aliphatic heterocycles. The van der Waals surface area contributed by atoms with Crippen molar-refractivity contribution < 1.29 is 39.8 Å². The Balaban J connectivity index is 0.981. The topological polar surface area (TPSA) is 78.4 Å². The Morgan fingerprint density at radius 3 is 1.55 bits per heavy atom. The molecule has 0 spiro atoms. The van der Waals surface area contributed by atoms with Crippen LogP contribution in [0.3, 0.4) is 0 Å². The molecule has 388 valence electrons. The Bertz CT molecular complexity index is 2060. The van der Waals surface area contributed by atoms with Gasteiger partial charge in [0.15, 0.2) is 17.4 Å². The van der Waals surface area contributed by atoms with Gasteiger partial charge in [-0.05, 0) is 82.1 Å². The Kier molecular flexibility index (Phi) is 22.4. The predicted octanol–water partition coefficient (Wildman–Crippen LogP) is 13.5. The molecule has 0 bridgehead atoms. The van der Waals surface area contributed by atoms with Gasteiger partial charge in [0.05, 0.1) is 22.7 Å². The minimum Gasteiger partial charge on any atom is -0.488 e. The highest BCUT2D eigenvalue weighted by Gasteiger charge is 2.36. The highest BCUT2D eigenvalue weighted by Crippen LogP contribution is 2.41. The molecule has 0 aliphatic carbocycles. The maximum absolute atomic E-state index is 15.6. The summed E-state index contributed by atoms with van der Waals surface area (Å²) in [6.07, 6.45) is 24.8. The van der Waals surface area contributed by atoms with Gasteiger partial charge in [0.2, 0.25) is 9.84 Å². The van der Waals surface area contributed by atoms with E-state index in [1.165, 1.54) is 122 Å². The van der Waals surface area contributed by atoms with Crippen molar-refractivity contribution >= 4 is 26.4 Å². The molecule has 3 aromatic rings. The van der Waals surface area contributed by atoms with Crippen molar-refractivity contribution in [2.24, 2.45) is 0 Å². The Morgan fingerprint density at radius 1 is 0.623 bits per heavy atom. The molecule has 0 saturated carbocycles. The van der Waals surface area contributed by atoms with Gasteiger partial charge >= 0.3 is 6.36 Å². The number of hydrogen-bond donors (Lipinski definition) is 0. The van der Waals surface area contributed by atoms with Crippen LogP contribution in [0, 0.1) is 11.6 Å². The molecule has 3 aliphatic rings. The minimum atomic E-state index is -4.98. The first-order valence-electron chi connectivity index (χ1n) is 26.9. The SMILES string of the molecule is CCCCCCCCCCCCCCCCCCCCCCOc1c(F)cc(S(=O)(=O)c2cnc3ccc(OC(F)(F)F)cc3c2N2CCC(N3CCN(C4CCN(CC)CC4)CC3)CC2)cc1F. The van der Waals surface area contributed by atoms with Crippen LogP contribution in [0.4, 0.5) is 27.6 Å². The Morgan fingerprint density at radius 2 is 1.09 bits per heavy atom. The van der Waals surface area contributed by atoms with Gasteiger partial charge in [-0.25, -0.2) is 17.2 Å². The molecule has 0 unspecified atom stereocenters. The second-order valence-corrected chi connectivity index (χ2v) is 21.9. The van der Waals surface area contributed by atoms with Crippen molar-refractivity contribution in [3.8, 4) is 11.5 Å². The fourth-order valence-electron chi connectivity index (χ4n) is 10.9. The van der Waals surface area contributed by atoms with E-state index in [9.17, 15) is 21.6 Å². The first-order valence-corrected chi connectivity index (χ1v) is 28.4. The summed E-state index contributed by atoms with van der Waals surface area (Å²) in [4.78, 5) is 12.8. The van der Waals surface area contributed by atoms with Crippen LogP contribution < -0.4 is 14.4 Å². The average Bonchev–Trinajstić information content (AvgIpc) is 3.34. The lowest BCUT2D eigenvalue weighted by Gasteiger charge is -2.46. The van der Waals surface area contributed by atoms with Crippen molar-refractivity contribution in [1.29, 1.82) is 0 Å². The molecule has 15 heteroatoms. The molecule has 69 heavy (non-hydrogen) atoms. The summed E-state index contributed by atoms with van der Waals surface area (Å²) in [5.41, 5.74) is 0.391. The Hall–Kier alpha value is -3.27. The maximum Gasteiger partial charge on any atom is 0.573 e. The predicted molar refractivity (Wildman–Crippen MR) is 267 cm³/mol. The zero-order valence-electron chi connectivity index (χ0n) is 41.8. The standard InChI is InChI=1S/C54H82F5N5O4S/c1-3-5-6-7-8-9-10-11-12-13-14-15-16-17-18-19-20-21-22-23-38-67-53-48(55)40-46(41-49(53)56)69(65,66)51-42-60-50-25-24-45(68-54(57,58)59)39-47(50)52(51)64-32-28-44(29-33-64)63-36-34-62(35-37-63)43-26-30-61(4-2)31-27-43/h24-25,39-44H,3-23,26-38H2,1-2H3. The third-order valence-electron chi connectivity index (χ3n) is 15.0.